The zero-order valence-electron chi connectivity index (χ0n) is 10.7. The minimum Gasteiger partial charge on any atom is -0.355 e. The number of nitrogens with one attached hydrogen (secondary N) is 2. The maximum atomic E-state index is 11.7. The predicted molar refractivity (Wildman–Crippen MR) is 67.0 cm³/mol. The summed E-state index contributed by atoms with van der Waals surface area (Å²) in [7, 11) is 1.83. The van der Waals surface area contributed by atoms with Crippen LogP contribution >= 0.6 is 0 Å². The largest absolute Gasteiger partial charge is 0.355 e. The second kappa shape index (κ2) is 6.46. The van der Waals surface area contributed by atoms with E-state index in [1.54, 1.807) is 11.0 Å². The quantitative estimate of drug-likeness (QED) is 0.659. The van der Waals surface area contributed by atoms with Gasteiger partial charge < -0.3 is 10.6 Å². The molecule has 1 aliphatic heterocycles. The monoisotopic (exact) mass is 252 g/mol. The summed E-state index contributed by atoms with van der Waals surface area (Å²) in [5, 5.41) is 10.3. The Kier molecular flexibility index (Phi) is 4.66. The van der Waals surface area contributed by atoms with E-state index in [-0.39, 0.29) is 5.91 Å². The summed E-state index contributed by atoms with van der Waals surface area (Å²) in [6.07, 6.45) is 2.34. The molecule has 2 rings (SSSR count). The van der Waals surface area contributed by atoms with Gasteiger partial charge in [-0.05, 0) is 0 Å². The van der Waals surface area contributed by atoms with Crippen LogP contribution in [0.1, 0.15) is 5.82 Å². The first-order valence-electron chi connectivity index (χ1n) is 6.28. The van der Waals surface area contributed by atoms with Crippen LogP contribution in [-0.4, -0.2) is 64.8 Å². The molecule has 2 N–H and O–H groups in total. The fourth-order valence-corrected chi connectivity index (χ4v) is 1.94. The van der Waals surface area contributed by atoms with Gasteiger partial charge in [-0.2, -0.15) is 5.10 Å². The number of aryl methyl sites for hydroxylation is 1. The molecule has 1 aromatic rings. The van der Waals surface area contributed by atoms with E-state index < -0.39 is 0 Å². The molecule has 0 aromatic carbocycles. The van der Waals surface area contributed by atoms with E-state index in [4.69, 9.17) is 0 Å². The molecule has 7 heteroatoms. The Labute approximate surface area is 107 Å². The van der Waals surface area contributed by atoms with E-state index in [9.17, 15) is 4.79 Å². The number of aromatic nitrogens is 3. The average molecular weight is 252 g/mol. The molecule has 7 nitrogen and oxygen atoms in total. The Hall–Kier alpha value is -1.47. The first-order valence-corrected chi connectivity index (χ1v) is 6.28. The molecule has 0 saturated carbocycles. The molecule has 0 unspecified atom stereocenters. The molecule has 0 bridgehead atoms. The normalized spacial score (nSPS) is 16.7. The molecule has 18 heavy (non-hydrogen) atoms. The Balaban J connectivity index is 1.62. The third-order valence-electron chi connectivity index (χ3n) is 2.89. The van der Waals surface area contributed by atoms with Gasteiger partial charge in [0.05, 0.1) is 6.54 Å². The fraction of sp³-hybridized carbons (Fsp3) is 0.727. The Morgan fingerprint density at radius 2 is 2.28 bits per heavy atom. The number of carbonyl (C=O) groups is 1. The van der Waals surface area contributed by atoms with Crippen LogP contribution in [0.15, 0.2) is 6.33 Å². The van der Waals surface area contributed by atoms with Gasteiger partial charge in [-0.3, -0.25) is 14.4 Å². The first kappa shape index (κ1) is 13.0. The van der Waals surface area contributed by atoms with Gasteiger partial charge in [0, 0.05) is 46.2 Å². The van der Waals surface area contributed by atoms with E-state index in [0.717, 1.165) is 32.0 Å². The lowest BCUT2D eigenvalue weighted by Crippen LogP contribution is -2.47. The molecule has 1 aromatic heterocycles. The molecule has 0 spiro atoms. The highest BCUT2D eigenvalue weighted by molar-refractivity contribution is 5.78. The maximum absolute atomic E-state index is 11.7. The average Bonchev–Trinajstić information content (AvgIpc) is 2.76. The van der Waals surface area contributed by atoms with E-state index in [0.29, 0.717) is 19.5 Å². The predicted octanol–water partition coefficient (Wildman–Crippen LogP) is -1.62. The lowest BCUT2D eigenvalue weighted by atomic mass is 10.3. The van der Waals surface area contributed by atoms with E-state index in [2.05, 4.69) is 25.6 Å². The van der Waals surface area contributed by atoms with Crippen molar-refractivity contribution < 1.29 is 4.79 Å². The van der Waals surface area contributed by atoms with Gasteiger partial charge in [0.15, 0.2) is 5.82 Å². The van der Waals surface area contributed by atoms with E-state index >= 15 is 0 Å². The maximum Gasteiger partial charge on any atom is 0.234 e. The van der Waals surface area contributed by atoms with Crippen LogP contribution in [0.5, 0.6) is 0 Å². The van der Waals surface area contributed by atoms with Crippen LogP contribution < -0.4 is 10.6 Å². The summed E-state index contributed by atoms with van der Waals surface area (Å²) in [5.74, 6) is 0.841. The number of piperazine rings is 1. The summed E-state index contributed by atoms with van der Waals surface area (Å²) in [4.78, 5) is 18.0. The number of hydrogen-bond donors (Lipinski definition) is 2. The number of nitrogens with zero attached hydrogens (tertiary/aromatic N) is 4. The van der Waals surface area contributed by atoms with Gasteiger partial charge in [-0.1, -0.05) is 0 Å². The van der Waals surface area contributed by atoms with E-state index in [1.807, 2.05) is 7.05 Å². The summed E-state index contributed by atoms with van der Waals surface area (Å²) in [6.45, 7) is 4.88. The summed E-state index contributed by atoms with van der Waals surface area (Å²) in [5.41, 5.74) is 0. The first-order chi connectivity index (χ1) is 8.74. The molecule has 1 fully saturated rings. The topological polar surface area (TPSA) is 75.1 Å². The lowest BCUT2D eigenvalue weighted by molar-refractivity contribution is -0.122. The number of rotatable bonds is 5. The van der Waals surface area contributed by atoms with Crippen molar-refractivity contribution in [1.82, 2.24) is 30.3 Å². The van der Waals surface area contributed by atoms with Crippen LogP contribution in [-0.2, 0) is 18.3 Å². The van der Waals surface area contributed by atoms with Crippen molar-refractivity contribution in [3.8, 4) is 0 Å². The molecule has 0 atom stereocenters. The standard InChI is InChI=1S/C11H20N6O/c1-16-9-14-10(15-16)2-3-13-11(18)8-17-6-4-12-5-7-17/h9,12H,2-8H2,1H3,(H,13,18). The third-order valence-corrected chi connectivity index (χ3v) is 2.89. The van der Waals surface area contributed by atoms with Gasteiger partial charge in [0.25, 0.3) is 0 Å². The van der Waals surface area contributed by atoms with Crippen molar-refractivity contribution in [3.05, 3.63) is 12.2 Å². The van der Waals surface area contributed by atoms with Crippen LogP contribution in [0.2, 0.25) is 0 Å². The van der Waals surface area contributed by atoms with Crippen LogP contribution in [0.25, 0.3) is 0 Å². The molecular weight excluding hydrogens is 232 g/mol. The summed E-state index contributed by atoms with van der Waals surface area (Å²) >= 11 is 0. The molecule has 2 heterocycles. The van der Waals surface area contributed by atoms with Crippen molar-refractivity contribution in [3.63, 3.8) is 0 Å². The van der Waals surface area contributed by atoms with Crippen molar-refractivity contribution in [1.29, 1.82) is 0 Å². The zero-order chi connectivity index (χ0) is 12.8. The van der Waals surface area contributed by atoms with Gasteiger partial charge in [0.1, 0.15) is 6.33 Å². The smallest absolute Gasteiger partial charge is 0.234 e. The van der Waals surface area contributed by atoms with Crippen molar-refractivity contribution in [2.75, 3.05) is 39.3 Å². The number of amides is 1. The highest BCUT2D eigenvalue weighted by atomic mass is 16.2. The summed E-state index contributed by atoms with van der Waals surface area (Å²) in [6, 6.07) is 0. The SMILES string of the molecule is Cn1cnc(CCNC(=O)CN2CCNCC2)n1. The Morgan fingerprint density at radius 3 is 2.94 bits per heavy atom. The number of hydrogen-bond acceptors (Lipinski definition) is 5. The van der Waals surface area contributed by atoms with E-state index in [1.165, 1.54) is 0 Å². The minimum absolute atomic E-state index is 0.0767. The third kappa shape index (κ3) is 4.08. The van der Waals surface area contributed by atoms with Gasteiger partial charge in [-0.25, -0.2) is 4.98 Å². The minimum atomic E-state index is 0.0767. The molecule has 1 aliphatic rings. The Bertz CT molecular complexity index is 385. The summed E-state index contributed by atoms with van der Waals surface area (Å²) < 4.78 is 1.66. The van der Waals surface area contributed by atoms with Crippen LogP contribution in [0.3, 0.4) is 0 Å². The molecule has 100 valence electrons. The van der Waals surface area contributed by atoms with Gasteiger partial charge in [-0.15, -0.1) is 0 Å². The second-order valence-electron chi connectivity index (χ2n) is 4.46. The molecular formula is C11H20N6O. The molecule has 1 amide bonds. The number of carbonyl (C=O) groups excluding carboxylic acids is 1. The van der Waals surface area contributed by atoms with Gasteiger partial charge >= 0.3 is 0 Å². The second-order valence-corrected chi connectivity index (χ2v) is 4.46. The van der Waals surface area contributed by atoms with Crippen LogP contribution in [0, 0.1) is 0 Å². The van der Waals surface area contributed by atoms with Crippen molar-refractivity contribution in [2.24, 2.45) is 7.05 Å². The zero-order valence-corrected chi connectivity index (χ0v) is 10.7. The Morgan fingerprint density at radius 1 is 1.50 bits per heavy atom. The van der Waals surface area contributed by atoms with Crippen LogP contribution in [0.4, 0.5) is 0 Å². The highest BCUT2D eigenvalue weighted by Crippen LogP contribution is 1.92. The molecule has 1 saturated heterocycles. The fourth-order valence-electron chi connectivity index (χ4n) is 1.94. The molecule has 0 aliphatic carbocycles. The molecule has 0 radical (unpaired) electrons. The lowest BCUT2D eigenvalue weighted by Gasteiger charge is -2.26. The van der Waals surface area contributed by atoms with Crippen molar-refractivity contribution in [2.45, 2.75) is 6.42 Å². The van der Waals surface area contributed by atoms with Gasteiger partial charge in [0.2, 0.25) is 5.91 Å². The van der Waals surface area contributed by atoms with Crippen molar-refractivity contribution >= 4 is 5.91 Å². The highest BCUT2D eigenvalue weighted by Gasteiger charge is 2.12.